The molecule has 1 amide bonds. The topological polar surface area (TPSA) is 98.6 Å². The van der Waals surface area contributed by atoms with Gasteiger partial charge >= 0.3 is 0 Å². The van der Waals surface area contributed by atoms with E-state index >= 15 is 0 Å². The van der Waals surface area contributed by atoms with Crippen LogP contribution in [0.3, 0.4) is 0 Å². The molecule has 0 saturated carbocycles. The summed E-state index contributed by atoms with van der Waals surface area (Å²) in [4.78, 5) is 15.3. The Morgan fingerprint density at radius 2 is 1.96 bits per heavy atom. The average molecular weight is 399 g/mol. The number of rotatable bonds is 7. The van der Waals surface area contributed by atoms with Gasteiger partial charge in [0.2, 0.25) is 5.91 Å². The van der Waals surface area contributed by atoms with E-state index in [0.29, 0.717) is 23.0 Å². The van der Waals surface area contributed by atoms with Crippen molar-refractivity contribution < 1.29 is 4.79 Å². The summed E-state index contributed by atoms with van der Waals surface area (Å²) in [7, 11) is 0. The van der Waals surface area contributed by atoms with Gasteiger partial charge in [0, 0.05) is 11.4 Å². The molecule has 1 aromatic heterocycles. The van der Waals surface area contributed by atoms with Gasteiger partial charge in [-0.05, 0) is 29.8 Å². The van der Waals surface area contributed by atoms with Crippen molar-refractivity contribution in [1.29, 1.82) is 5.26 Å². The van der Waals surface area contributed by atoms with Crippen molar-refractivity contribution in [2.75, 3.05) is 5.75 Å². The van der Waals surface area contributed by atoms with Crippen molar-refractivity contribution in [2.24, 2.45) is 0 Å². The van der Waals surface area contributed by atoms with Crippen LogP contribution in [0.5, 0.6) is 0 Å². The molecule has 0 unspecified atom stereocenters. The highest BCUT2D eigenvalue weighted by Gasteiger charge is 2.17. The van der Waals surface area contributed by atoms with Crippen molar-refractivity contribution >= 4 is 29.3 Å². The fourth-order valence-electron chi connectivity index (χ4n) is 2.35. The second-order valence-electron chi connectivity index (χ2n) is 5.61. The van der Waals surface area contributed by atoms with E-state index in [1.807, 2.05) is 30.3 Å². The molecule has 7 nitrogen and oxygen atoms in total. The minimum Gasteiger partial charge on any atom is -0.330 e. The van der Waals surface area contributed by atoms with E-state index < -0.39 is 0 Å². The second-order valence-corrected chi connectivity index (χ2v) is 7.03. The number of carbonyl (C=O) groups is 1. The Bertz CT molecular complexity index is 939. The lowest BCUT2D eigenvalue weighted by Crippen LogP contribution is -2.32. The summed E-state index contributed by atoms with van der Waals surface area (Å²) in [6.07, 6.45) is 0. The van der Waals surface area contributed by atoms with Gasteiger partial charge in [0.15, 0.2) is 5.82 Å². The zero-order chi connectivity index (χ0) is 19.1. The molecule has 3 aromatic rings. The summed E-state index contributed by atoms with van der Waals surface area (Å²) in [6, 6.07) is 16.6. The highest BCUT2D eigenvalue weighted by molar-refractivity contribution is 8.00. The molecule has 1 N–H and O–H groups in total. The van der Waals surface area contributed by atoms with Gasteiger partial charge in [-0.25, -0.2) is 0 Å². The highest BCUT2D eigenvalue weighted by Crippen LogP contribution is 2.27. The van der Waals surface area contributed by atoms with E-state index in [0.717, 1.165) is 10.5 Å². The lowest BCUT2D eigenvalue weighted by molar-refractivity contribution is -0.129. The number of benzene rings is 2. The number of tetrazole rings is 1. The SMILES string of the molecule is N#Cc1ccc(CN(Cc2nn[nH]n2)C(=O)CSc2ccccc2Cl)cc1. The molecule has 0 aliphatic carbocycles. The van der Waals surface area contributed by atoms with Crippen LogP contribution in [0, 0.1) is 11.3 Å². The Labute approximate surface area is 165 Å². The van der Waals surface area contributed by atoms with Crippen molar-refractivity contribution in [3.05, 3.63) is 70.5 Å². The van der Waals surface area contributed by atoms with Crippen LogP contribution in [-0.2, 0) is 17.9 Å². The number of nitrogens with zero attached hydrogens (tertiary/aromatic N) is 5. The molecule has 136 valence electrons. The normalized spacial score (nSPS) is 10.4. The first-order chi connectivity index (χ1) is 13.2. The molecule has 0 aliphatic rings. The number of carbonyl (C=O) groups excluding carboxylic acids is 1. The zero-order valence-electron chi connectivity index (χ0n) is 14.2. The summed E-state index contributed by atoms with van der Waals surface area (Å²) in [5.74, 6) is 0.589. The summed E-state index contributed by atoms with van der Waals surface area (Å²) in [5, 5.41) is 23.3. The first kappa shape index (κ1) is 18.9. The monoisotopic (exact) mass is 398 g/mol. The predicted octanol–water partition coefficient (Wildman–Crippen LogP) is 3.05. The fraction of sp³-hybridized carbons (Fsp3) is 0.167. The van der Waals surface area contributed by atoms with Crippen LogP contribution >= 0.6 is 23.4 Å². The third kappa shape index (κ3) is 5.29. The molecule has 27 heavy (non-hydrogen) atoms. The molecule has 0 fully saturated rings. The molecule has 9 heteroatoms. The Morgan fingerprint density at radius 1 is 1.19 bits per heavy atom. The number of halogens is 1. The number of aromatic amines is 1. The molecule has 1 heterocycles. The van der Waals surface area contributed by atoms with Crippen LogP contribution in [0.1, 0.15) is 17.0 Å². The van der Waals surface area contributed by atoms with E-state index in [9.17, 15) is 4.79 Å². The Balaban J connectivity index is 1.71. The Kier molecular flexibility index (Phi) is 6.41. The summed E-state index contributed by atoms with van der Waals surface area (Å²) in [6.45, 7) is 0.612. The van der Waals surface area contributed by atoms with Crippen molar-refractivity contribution in [3.63, 3.8) is 0 Å². The average Bonchev–Trinajstić information content (AvgIpc) is 3.20. The van der Waals surface area contributed by atoms with Gasteiger partial charge in [0.1, 0.15) is 0 Å². The quantitative estimate of drug-likeness (QED) is 0.614. The third-order valence-corrected chi connectivity index (χ3v) is 5.22. The Hall–Kier alpha value is -2.89. The summed E-state index contributed by atoms with van der Waals surface area (Å²) in [5.41, 5.74) is 1.48. The summed E-state index contributed by atoms with van der Waals surface area (Å²) < 4.78 is 0. The Morgan fingerprint density at radius 3 is 2.63 bits per heavy atom. The maximum absolute atomic E-state index is 12.8. The number of H-pyrrole nitrogens is 1. The maximum atomic E-state index is 12.8. The van der Waals surface area contributed by atoms with Crippen LogP contribution in [0.2, 0.25) is 5.02 Å². The van der Waals surface area contributed by atoms with Gasteiger partial charge in [-0.1, -0.05) is 41.1 Å². The fourth-order valence-corrected chi connectivity index (χ4v) is 3.49. The molecule has 0 radical (unpaired) electrons. The minimum atomic E-state index is -0.0749. The minimum absolute atomic E-state index is 0.0749. The first-order valence-electron chi connectivity index (χ1n) is 8.02. The molecular weight excluding hydrogens is 384 g/mol. The summed E-state index contributed by atoms with van der Waals surface area (Å²) >= 11 is 7.54. The van der Waals surface area contributed by atoms with Crippen LogP contribution in [0.25, 0.3) is 0 Å². The second kappa shape index (κ2) is 9.16. The van der Waals surface area contributed by atoms with E-state index in [2.05, 4.69) is 26.7 Å². The molecule has 0 aliphatic heterocycles. The lowest BCUT2D eigenvalue weighted by Gasteiger charge is -2.21. The van der Waals surface area contributed by atoms with Crippen LogP contribution < -0.4 is 0 Å². The molecule has 0 atom stereocenters. The molecular formula is C18H15ClN6OS. The van der Waals surface area contributed by atoms with Crippen molar-refractivity contribution in [2.45, 2.75) is 18.0 Å². The van der Waals surface area contributed by atoms with E-state index in [4.69, 9.17) is 16.9 Å². The van der Waals surface area contributed by atoms with Gasteiger partial charge in [-0.2, -0.15) is 10.5 Å². The van der Waals surface area contributed by atoms with Gasteiger partial charge in [-0.3, -0.25) is 4.79 Å². The predicted molar refractivity (Wildman–Crippen MR) is 102 cm³/mol. The maximum Gasteiger partial charge on any atom is 0.233 e. The molecule has 3 rings (SSSR count). The van der Waals surface area contributed by atoms with E-state index in [1.165, 1.54) is 11.8 Å². The number of nitrogens with one attached hydrogen (secondary N) is 1. The number of thioether (sulfide) groups is 1. The first-order valence-corrected chi connectivity index (χ1v) is 9.38. The highest BCUT2D eigenvalue weighted by atomic mass is 35.5. The van der Waals surface area contributed by atoms with Gasteiger partial charge in [0.05, 0.1) is 29.0 Å². The van der Waals surface area contributed by atoms with E-state index in [-0.39, 0.29) is 18.2 Å². The van der Waals surface area contributed by atoms with Crippen molar-refractivity contribution in [1.82, 2.24) is 25.5 Å². The van der Waals surface area contributed by atoms with Crippen LogP contribution in [0.4, 0.5) is 0 Å². The molecule has 0 bridgehead atoms. The van der Waals surface area contributed by atoms with Crippen molar-refractivity contribution in [3.8, 4) is 6.07 Å². The smallest absolute Gasteiger partial charge is 0.233 e. The number of aromatic nitrogens is 4. The van der Waals surface area contributed by atoms with Gasteiger partial charge in [0.25, 0.3) is 0 Å². The number of nitriles is 1. The van der Waals surface area contributed by atoms with Gasteiger partial charge < -0.3 is 4.90 Å². The third-order valence-electron chi connectivity index (χ3n) is 3.72. The zero-order valence-corrected chi connectivity index (χ0v) is 15.7. The number of hydrogen-bond acceptors (Lipinski definition) is 6. The number of amides is 1. The van der Waals surface area contributed by atoms with Gasteiger partial charge in [-0.15, -0.1) is 22.0 Å². The molecule has 0 saturated heterocycles. The van der Waals surface area contributed by atoms with E-state index in [1.54, 1.807) is 23.1 Å². The number of hydrogen-bond donors (Lipinski definition) is 1. The largest absolute Gasteiger partial charge is 0.330 e. The standard InChI is InChI=1S/C18H15ClN6OS/c19-15-3-1-2-4-16(15)27-12-18(26)25(11-17-21-23-24-22-17)10-14-7-5-13(9-20)6-8-14/h1-8H,10-12H2,(H,21,22,23,24). The lowest BCUT2D eigenvalue weighted by atomic mass is 10.1. The van der Waals surface area contributed by atoms with Crippen LogP contribution in [0.15, 0.2) is 53.4 Å². The molecule has 2 aromatic carbocycles. The molecule has 0 spiro atoms. The van der Waals surface area contributed by atoms with Crippen LogP contribution in [-0.4, -0.2) is 37.2 Å².